The Morgan fingerprint density at radius 2 is 1.88 bits per heavy atom. The third-order valence-corrected chi connectivity index (χ3v) is 5.94. The number of hydrogen-bond acceptors (Lipinski definition) is 3. The fraction of sp³-hybridized carbons (Fsp3) is 0.381. The van der Waals surface area contributed by atoms with Crippen molar-refractivity contribution in [3.05, 3.63) is 70.2 Å². The number of carbonyl (C=O) groups excluding carboxylic acids is 1. The molecule has 2 saturated heterocycles. The Balaban J connectivity index is 1.55. The third-order valence-electron chi connectivity index (χ3n) is 5.41. The van der Waals surface area contributed by atoms with Gasteiger partial charge in [-0.1, -0.05) is 64.8 Å². The standard InChI is InChI=1S/C21H22BrNO2/c22-18-11-9-16(10-12-18)14-20(24)25-21(17-6-2-1-3-7-17)15-23-13-5-4-8-19(21)23/h1-3,6-7,9-12,19H,4-5,8,13-15H2/t19-,21+/m1/s1. The number of esters is 1. The van der Waals surface area contributed by atoms with E-state index >= 15 is 0 Å². The molecule has 0 bridgehead atoms. The zero-order valence-corrected chi connectivity index (χ0v) is 15.7. The van der Waals surface area contributed by atoms with E-state index in [9.17, 15) is 4.79 Å². The summed E-state index contributed by atoms with van der Waals surface area (Å²) in [7, 11) is 0. The van der Waals surface area contributed by atoms with Crippen LogP contribution in [-0.2, 0) is 21.6 Å². The van der Waals surface area contributed by atoms with Crippen LogP contribution in [-0.4, -0.2) is 30.0 Å². The van der Waals surface area contributed by atoms with Gasteiger partial charge in [0.25, 0.3) is 0 Å². The quantitative estimate of drug-likeness (QED) is 0.717. The van der Waals surface area contributed by atoms with Gasteiger partial charge in [0, 0.05) is 11.0 Å². The molecular formula is C21H22BrNO2. The van der Waals surface area contributed by atoms with Crippen molar-refractivity contribution in [2.45, 2.75) is 37.3 Å². The van der Waals surface area contributed by atoms with Crippen molar-refractivity contribution in [3.8, 4) is 0 Å². The number of benzene rings is 2. The molecule has 0 aliphatic carbocycles. The summed E-state index contributed by atoms with van der Waals surface area (Å²) in [5, 5.41) is 0. The molecule has 25 heavy (non-hydrogen) atoms. The van der Waals surface area contributed by atoms with E-state index in [-0.39, 0.29) is 5.97 Å². The molecule has 130 valence electrons. The van der Waals surface area contributed by atoms with Gasteiger partial charge in [0.1, 0.15) is 0 Å². The average Bonchev–Trinajstić information content (AvgIpc) is 2.62. The van der Waals surface area contributed by atoms with Crippen LogP contribution in [0.3, 0.4) is 0 Å². The number of fused-ring (bicyclic) bond motifs is 1. The smallest absolute Gasteiger partial charge is 0.311 e. The number of hydrogen-bond donors (Lipinski definition) is 0. The molecule has 0 spiro atoms. The minimum Gasteiger partial charge on any atom is -0.451 e. The minimum atomic E-state index is -0.478. The van der Waals surface area contributed by atoms with E-state index in [1.54, 1.807) is 0 Å². The van der Waals surface area contributed by atoms with Crippen molar-refractivity contribution in [2.75, 3.05) is 13.1 Å². The van der Waals surface area contributed by atoms with Crippen LogP contribution in [0.5, 0.6) is 0 Å². The van der Waals surface area contributed by atoms with Gasteiger partial charge < -0.3 is 4.74 Å². The molecule has 2 heterocycles. The monoisotopic (exact) mass is 399 g/mol. The fourth-order valence-electron chi connectivity index (χ4n) is 4.17. The highest BCUT2D eigenvalue weighted by molar-refractivity contribution is 9.10. The molecule has 2 atom stereocenters. The molecule has 0 radical (unpaired) electrons. The highest BCUT2D eigenvalue weighted by Crippen LogP contribution is 2.46. The van der Waals surface area contributed by atoms with E-state index in [1.807, 2.05) is 42.5 Å². The van der Waals surface area contributed by atoms with Crippen LogP contribution in [0.2, 0.25) is 0 Å². The Morgan fingerprint density at radius 3 is 2.60 bits per heavy atom. The molecule has 0 N–H and O–H groups in total. The molecule has 0 unspecified atom stereocenters. The topological polar surface area (TPSA) is 29.5 Å². The Morgan fingerprint density at radius 1 is 1.12 bits per heavy atom. The number of ether oxygens (including phenoxy) is 1. The first-order valence-electron chi connectivity index (χ1n) is 8.93. The first-order valence-corrected chi connectivity index (χ1v) is 9.72. The predicted molar refractivity (Wildman–Crippen MR) is 101 cm³/mol. The zero-order chi connectivity index (χ0) is 17.3. The van der Waals surface area contributed by atoms with Crippen molar-refractivity contribution in [2.24, 2.45) is 0 Å². The van der Waals surface area contributed by atoms with Crippen molar-refractivity contribution in [1.82, 2.24) is 4.90 Å². The van der Waals surface area contributed by atoms with E-state index in [1.165, 1.54) is 12.8 Å². The largest absolute Gasteiger partial charge is 0.451 e. The summed E-state index contributed by atoms with van der Waals surface area (Å²) in [6.45, 7) is 1.93. The lowest BCUT2D eigenvalue weighted by Gasteiger charge is -2.58. The highest BCUT2D eigenvalue weighted by atomic mass is 79.9. The van der Waals surface area contributed by atoms with E-state index in [4.69, 9.17) is 4.74 Å². The van der Waals surface area contributed by atoms with E-state index < -0.39 is 5.60 Å². The van der Waals surface area contributed by atoms with Gasteiger partial charge in [-0.3, -0.25) is 9.69 Å². The maximum absolute atomic E-state index is 12.7. The van der Waals surface area contributed by atoms with Crippen molar-refractivity contribution < 1.29 is 9.53 Å². The lowest BCUT2D eigenvalue weighted by molar-refractivity contribution is -0.210. The van der Waals surface area contributed by atoms with E-state index in [0.717, 1.165) is 35.1 Å². The van der Waals surface area contributed by atoms with Crippen LogP contribution in [0.25, 0.3) is 0 Å². The molecule has 2 aromatic carbocycles. The Bertz CT molecular complexity index is 746. The van der Waals surface area contributed by atoms with Crippen molar-refractivity contribution in [3.63, 3.8) is 0 Å². The maximum Gasteiger partial charge on any atom is 0.311 e. The van der Waals surface area contributed by atoms with Crippen LogP contribution >= 0.6 is 15.9 Å². The number of nitrogens with zero attached hydrogens (tertiary/aromatic N) is 1. The maximum atomic E-state index is 12.7. The SMILES string of the molecule is O=C(Cc1ccc(Br)cc1)O[C@]1(c2ccccc2)CN2CCCC[C@@H]21. The van der Waals surface area contributed by atoms with Gasteiger partial charge in [-0.15, -0.1) is 0 Å². The van der Waals surface area contributed by atoms with Gasteiger partial charge in [-0.25, -0.2) is 0 Å². The average molecular weight is 400 g/mol. The molecule has 2 aliphatic heterocycles. The van der Waals surface area contributed by atoms with Gasteiger partial charge in [-0.05, 0) is 42.6 Å². The molecular weight excluding hydrogens is 378 g/mol. The van der Waals surface area contributed by atoms with Crippen molar-refractivity contribution >= 4 is 21.9 Å². The van der Waals surface area contributed by atoms with E-state index in [0.29, 0.717) is 12.5 Å². The van der Waals surface area contributed by atoms with Gasteiger partial charge >= 0.3 is 5.97 Å². The predicted octanol–water partition coefficient (Wildman–Crippen LogP) is 4.30. The molecule has 2 aromatic rings. The summed E-state index contributed by atoms with van der Waals surface area (Å²) in [6.07, 6.45) is 3.86. The van der Waals surface area contributed by atoms with Crippen LogP contribution in [0.15, 0.2) is 59.1 Å². The van der Waals surface area contributed by atoms with Gasteiger partial charge in [0.05, 0.1) is 12.5 Å². The van der Waals surface area contributed by atoms with Crippen LogP contribution in [0.1, 0.15) is 30.4 Å². The molecule has 4 heteroatoms. The van der Waals surface area contributed by atoms with Crippen molar-refractivity contribution in [1.29, 1.82) is 0 Å². The molecule has 0 aromatic heterocycles. The summed E-state index contributed by atoms with van der Waals surface area (Å²) >= 11 is 3.43. The number of piperidine rings is 1. The minimum absolute atomic E-state index is 0.142. The summed E-state index contributed by atoms with van der Waals surface area (Å²) in [4.78, 5) is 15.2. The van der Waals surface area contributed by atoms with Crippen LogP contribution in [0, 0.1) is 0 Å². The first kappa shape index (κ1) is 16.8. The molecule has 0 saturated carbocycles. The second-order valence-electron chi connectivity index (χ2n) is 7.01. The molecule has 2 fully saturated rings. The number of rotatable bonds is 4. The number of halogens is 1. The normalized spacial score (nSPS) is 25.7. The third kappa shape index (κ3) is 3.25. The lowest BCUT2D eigenvalue weighted by Crippen LogP contribution is -2.70. The second-order valence-corrected chi connectivity index (χ2v) is 7.93. The van der Waals surface area contributed by atoms with Gasteiger partial charge in [0.15, 0.2) is 5.60 Å². The lowest BCUT2D eigenvalue weighted by atomic mass is 9.73. The molecule has 4 rings (SSSR count). The van der Waals surface area contributed by atoms with Crippen LogP contribution in [0.4, 0.5) is 0 Å². The fourth-order valence-corrected chi connectivity index (χ4v) is 4.44. The van der Waals surface area contributed by atoms with Gasteiger partial charge in [-0.2, -0.15) is 0 Å². The second kappa shape index (κ2) is 6.93. The Labute approximate surface area is 157 Å². The Kier molecular flexibility index (Phi) is 4.65. The molecule has 0 amide bonds. The van der Waals surface area contributed by atoms with E-state index in [2.05, 4.69) is 33.0 Å². The molecule has 2 aliphatic rings. The number of carbonyl (C=O) groups is 1. The summed E-state index contributed by atoms with van der Waals surface area (Å²) in [6, 6.07) is 18.4. The zero-order valence-electron chi connectivity index (χ0n) is 14.2. The molecule has 3 nitrogen and oxygen atoms in total. The summed E-state index contributed by atoms with van der Waals surface area (Å²) in [5.74, 6) is -0.142. The summed E-state index contributed by atoms with van der Waals surface area (Å²) in [5.41, 5.74) is 1.63. The Hall–Kier alpha value is -1.65. The van der Waals surface area contributed by atoms with Gasteiger partial charge in [0.2, 0.25) is 0 Å². The summed E-state index contributed by atoms with van der Waals surface area (Å²) < 4.78 is 7.19. The van der Waals surface area contributed by atoms with Crippen LogP contribution < -0.4 is 0 Å². The first-order chi connectivity index (χ1) is 12.2. The highest BCUT2D eigenvalue weighted by Gasteiger charge is 2.57.